The molecule has 6 heavy (non-hydrogen) atoms. The van der Waals surface area contributed by atoms with Crippen LogP contribution in [0.15, 0.2) is 0 Å². The van der Waals surface area contributed by atoms with Crippen LogP contribution in [0.2, 0.25) is 23.6 Å². The summed E-state index contributed by atoms with van der Waals surface area (Å²) >= 11 is -0.324. The van der Waals surface area contributed by atoms with Crippen molar-refractivity contribution >= 4 is 6.66 Å². The minimum atomic E-state index is -0.324. The average molecular weight is 137 g/mol. The Morgan fingerprint density at radius 1 is 1.17 bits per heavy atom. The monoisotopic (exact) mass is 137 g/mol. The van der Waals surface area contributed by atoms with Crippen LogP contribution in [-0.2, 0) is 17.1 Å². The van der Waals surface area contributed by atoms with Crippen molar-refractivity contribution in [3.63, 3.8) is 0 Å². The molecule has 0 N–H and O–H groups in total. The van der Waals surface area contributed by atoms with E-state index in [1.54, 1.807) is 0 Å². The fourth-order valence-electron chi connectivity index (χ4n) is 0. The molecule has 0 saturated heterocycles. The molecule has 37 valence electrons. The van der Waals surface area contributed by atoms with Gasteiger partial charge in [0.2, 0.25) is 0 Å². The van der Waals surface area contributed by atoms with Gasteiger partial charge in [-0.1, -0.05) is 0 Å². The summed E-state index contributed by atoms with van der Waals surface area (Å²) in [6, 6.07) is 0. The van der Waals surface area contributed by atoms with Crippen LogP contribution in [-0.4, -0.2) is 6.66 Å². The van der Waals surface area contributed by atoms with Crippen molar-refractivity contribution in [1.29, 1.82) is 0 Å². The van der Waals surface area contributed by atoms with Gasteiger partial charge in [0.15, 0.2) is 0 Å². The molecule has 0 bridgehead atoms. The molecule has 0 radical (unpaired) electrons. The van der Waals surface area contributed by atoms with E-state index >= 15 is 0 Å². The van der Waals surface area contributed by atoms with Gasteiger partial charge in [-0.2, -0.15) is 0 Å². The van der Waals surface area contributed by atoms with Gasteiger partial charge in [-0.25, -0.2) is 0 Å². The third-order valence-electron chi connectivity index (χ3n) is 1.15. The third kappa shape index (κ3) is 3.13. The van der Waals surface area contributed by atoms with E-state index in [9.17, 15) is 0 Å². The zero-order chi connectivity index (χ0) is 5.15. The van der Waals surface area contributed by atoms with E-state index in [2.05, 4.69) is 23.6 Å². The van der Waals surface area contributed by atoms with Crippen molar-refractivity contribution in [3.05, 3.63) is 0 Å². The van der Waals surface area contributed by atoms with Gasteiger partial charge in [0, 0.05) is 0 Å². The summed E-state index contributed by atoms with van der Waals surface area (Å²) in [7, 11) is 0. The van der Waals surface area contributed by atoms with Gasteiger partial charge in [-0.3, -0.25) is 0 Å². The second-order valence-corrected chi connectivity index (χ2v) is 18.1. The number of hydrogen-bond donors (Lipinski definition) is 0. The van der Waals surface area contributed by atoms with Gasteiger partial charge in [-0.15, -0.1) is 0 Å². The van der Waals surface area contributed by atoms with Gasteiger partial charge in [0.25, 0.3) is 0 Å². The molecule has 0 saturated carbocycles. The van der Waals surface area contributed by atoms with Crippen LogP contribution >= 0.6 is 0 Å². The van der Waals surface area contributed by atoms with Gasteiger partial charge in [0.1, 0.15) is 0 Å². The van der Waals surface area contributed by atoms with E-state index in [4.69, 9.17) is 0 Å². The van der Waals surface area contributed by atoms with E-state index in [-0.39, 0.29) is 23.8 Å². The molecular weight excluding hydrogens is 124 g/mol. The Bertz CT molecular complexity index is 28.5. The summed E-state index contributed by atoms with van der Waals surface area (Å²) in [5, 5.41) is 4.94. The van der Waals surface area contributed by atoms with Crippen LogP contribution in [0.4, 0.5) is 0 Å². The summed E-state index contributed by atoms with van der Waals surface area (Å²) < 4.78 is 0. The van der Waals surface area contributed by atoms with Gasteiger partial charge < -0.3 is 0 Å². The number of hydrogen-bond acceptors (Lipinski definition) is 0. The summed E-state index contributed by atoms with van der Waals surface area (Å²) in [5.74, 6) is 0. The molecule has 0 aromatic rings. The predicted molar refractivity (Wildman–Crippen MR) is 30.6 cm³/mol. The van der Waals surface area contributed by atoms with Crippen molar-refractivity contribution in [2.75, 3.05) is 0 Å². The Hall–Kier alpha value is 0.931. The topological polar surface area (TPSA) is 0 Å². The Kier molecular flexibility index (Phi) is 3.47. The zero-order valence-electron chi connectivity index (χ0n) is 5.08. The molecule has 2 heteroatoms. The number of rotatable bonds is 1. The molecule has 0 aromatic heterocycles. The average Bonchev–Trinajstić information content (AvgIpc) is 1.36. The van der Waals surface area contributed by atoms with Crippen molar-refractivity contribution in [2.45, 2.75) is 23.6 Å². The molecule has 0 aromatic carbocycles. The Balaban J connectivity index is 2.99. The molecule has 0 rings (SSSR count). The first-order valence-electron chi connectivity index (χ1n) is 2.44. The van der Waals surface area contributed by atoms with E-state index in [1.807, 2.05) is 0 Å². The molecule has 0 aliphatic heterocycles. The summed E-state index contributed by atoms with van der Waals surface area (Å²) in [6.07, 6.45) is 0. The van der Waals surface area contributed by atoms with Crippen LogP contribution in [0.25, 0.3) is 0 Å². The second kappa shape index (κ2) is 3.00. The maximum absolute atomic E-state index is 2.47. The Morgan fingerprint density at radius 3 is 1.33 bits per heavy atom. The molecule has 0 atom stereocenters. The molecule has 0 heterocycles. The van der Waals surface area contributed by atoms with Crippen molar-refractivity contribution in [2.24, 2.45) is 0 Å². The molecule has 0 aliphatic carbocycles. The molecule has 0 unspecified atom stereocenters. The molecule has 0 amide bonds. The van der Waals surface area contributed by atoms with E-state index in [0.717, 1.165) is 0 Å². The fourth-order valence-corrected chi connectivity index (χ4v) is 0. The molecule has 0 nitrogen and oxygen atoms in total. The van der Waals surface area contributed by atoms with E-state index in [1.165, 1.54) is 0 Å². The van der Waals surface area contributed by atoms with E-state index < -0.39 is 0 Å². The summed E-state index contributed by atoms with van der Waals surface area (Å²) in [4.78, 5) is 0. The van der Waals surface area contributed by atoms with Gasteiger partial charge in [-0.05, 0) is 0 Å². The van der Waals surface area contributed by atoms with Crippen LogP contribution < -0.4 is 0 Å². The first-order valence-corrected chi connectivity index (χ1v) is 11.2. The normalized spacial score (nSPS) is 9.50. The zero-order valence-corrected chi connectivity index (χ0v) is 7.79. The van der Waals surface area contributed by atoms with Crippen molar-refractivity contribution < 1.29 is 17.1 Å². The van der Waals surface area contributed by atoms with Gasteiger partial charge in [0.05, 0.1) is 0 Å². The van der Waals surface area contributed by atoms with Crippen molar-refractivity contribution in [1.82, 2.24) is 0 Å². The first-order chi connectivity index (χ1) is 2.64. The van der Waals surface area contributed by atoms with Crippen LogP contribution in [0.1, 0.15) is 0 Å². The maximum atomic E-state index is 2.47. The molecule has 0 aliphatic rings. The molecule has 0 spiro atoms. The van der Waals surface area contributed by atoms with Crippen LogP contribution in [0.5, 0.6) is 0 Å². The van der Waals surface area contributed by atoms with Crippen molar-refractivity contribution in [3.8, 4) is 0 Å². The minimum absolute atomic E-state index is 0.0772. The molecule has 0 fully saturated rings. The Morgan fingerprint density at radius 2 is 1.33 bits per heavy atom. The summed E-state index contributed by atoms with van der Waals surface area (Å²) in [6.45, 7) is 4.83. The predicted octanol–water partition coefficient (Wildman–Crippen LogP) is 1.68. The Labute approximate surface area is 47.6 Å². The van der Waals surface area contributed by atoms with Gasteiger partial charge >= 0.3 is 47.3 Å². The SMILES string of the molecule is C[SiH](C)[Ti]([CH3])[CH3]. The fraction of sp³-hybridized carbons (Fsp3) is 1.00. The molecular formula is C4H13SiTi. The quantitative estimate of drug-likeness (QED) is 0.482. The van der Waals surface area contributed by atoms with Crippen LogP contribution in [0.3, 0.4) is 0 Å². The third-order valence-corrected chi connectivity index (χ3v) is 14.3. The standard InChI is InChI=1S/C2H7Si.2CH3.Ti/c1-3-2;;;/h3H,1-2H3;2*1H3;. The summed E-state index contributed by atoms with van der Waals surface area (Å²) in [5.41, 5.74) is 0. The van der Waals surface area contributed by atoms with E-state index in [0.29, 0.717) is 0 Å². The first kappa shape index (κ1) is 6.93. The van der Waals surface area contributed by atoms with Crippen LogP contribution in [0, 0.1) is 0 Å². The second-order valence-electron chi connectivity index (χ2n) is 2.23.